The van der Waals surface area contributed by atoms with Gasteiger partial charge in [0.25, 0.3) is 0 Å². The number of hydrogen-bond acceptors (Lipinski definition) is 2. The fourth-order valence-electron chi connectivity index (χ4n) is 3.02. The first-order valence-electron chi connectivity index (χ1n) is 7.46. The van der Waals surface area contributed by atoms with E-state index in [4.69, 9.17) is 0 Å². The topological polar surface area (TPSA) is 41.1 Å². The minimum atomic E-state index is -0.299. The van der Waals surface area contributed by atoms with Crippen LogP contribution in [-0.4, -0.2) is 19.0 Å². The van der Waals surface area contributed by atoms with Crippen molar-refractivity contribution in [2.24, 2.45) is 5.92 Å². The lowest BCUT2D eigenvalue weighted by Gasteiger charge is -2.18. The number of carbonyl (C=O) groups excluding carboxylic acids is 1. The van der Waals surface area contributed by atoms with Crippen LogP contribution in [0.2, 0.25) is 0 Å². The van der Waals surface area contributed by atoms with Gasteiger partial charge in [-0.1, -0.05) is 12.1 Å². The third-order valence-electron chi connectivity index (χ3n) is 4.45. The number of nitrogens with one attached hydrogen (secondary N) is 2. The molecule has 2 aliphatic rings. The summed E-state index contributed by atoms with van der Waals surface area (Å²) in [6.07, 6.45) is 4.50. The van der Waals surface area contributed by atoms with Gasteiger partial charge in [-0.25, -0.2) is 4.39 Å². The van der Waals surface area contributed by atoms with Gasteiger partial charge >= 0.3 is 0 Å². The molecule has 1 aliphatic carbocycles. The van der Waals surface area contributed by atoms with E-state index >= 15 is 0 Å². The van der Waals surface area contributed by atoms with Crippen molar-refractivity contribution in [3.63, 3.8) is 0 Å². The molecule has 1 aliphatic heterocycles. The maximum Gasteiger partial charge on any atom is 0.220 e. The zero-order valence-corrected chi connectivity index (χ0v) is 12.8. The summed E-state index contributed by atoms with van der Waals surface area (Å²) < 4.78 is 13.3. The summed E-state index contributed by atoms with van der Waals surface area (Å²) in [6.45, 7) is 2.10. The fourth-order valence-corrected chi connectivity index (χ4v) is 3.02. The molecule has 3 nitrogen and oxygen atoms in total. The standard InChI is InChI=1S/C16H21FN2O.ClH/c17-14-3-1-2-13(10-14)16(7-8-16)19-15(20)5-4-12-6-9-18-11-12;/h1-3,10,12,18H,4-9,11H2,(H,19,20);1H. The van der Waals surface area contributed by atoms with Gasteiger partial charge in [-0.2, -0.15) is 0 Å². The summed E-state index contributed by atoms with van der Waals surface area (Å²) in [5.74, 6) is 0.490. The predicted octanol–water partition coefficient (Wildman–Crippen LogP) is 2.74. The Morgan fingerprint density at radius 2 is 2.24 bits per heavy atom. The van der Waals surface area contributed by atoms with E-state index in [1.54, 1.807) is 6.07 Å². The summed E-state index contributed by atoms with van der Waals surface area (Å²) >= 11 is 0. The Morgan fingerprint density at radius 3 is 2.86 bits per heavy atom. The van der Waals surface area contributed by atoms with Crippen LogP contribution in [-0.2, 0) is 10.3 Å². The molecule has 1 aromatic rings. The highest BCUT2D eigenvalue weighted by atomic mass is 35.5. The van der Waals surface area contributed by atoms with Gasteiger partial charge in [0, 0.05) is 6.42 Å². The molecule has 1 saturated carbocycles. The zero-order chi connectivity index (χ0) is 14.0. The van der Waals surface area contributed by atoms with Gasteiger partial charge in [0.2, 0.25) is 5.91 Å². The number of rotatable bonds is 5. The van der Waals surface area contributed by atoms with E-state index in [9.17, 15) is 9.18 Å². The summed E-state index contributed by atoms with van der Waals surface area (Å²) in [4.78, 5) is 12.1. The predicted molar refractivity (Wildman–Crippen MR) is 82.9 cm³/mol. The Bertz CT molecular complexity index is 499. The van der Waals surface area contributed by atoms with E-state index < -0.39 is 0 Å². The van der Waals surface area contributed by atoms with Crippen molar-refractivity contribution in [3.8, 4) is 0 Å². The van der Waals surface area contributed by atoms with Crippen LogP contribution in [0.15, 0.2) is 24.3 Å². The third kappa shape index (κ3) is 3.95. The number of carbonyl (C=O) groups is 1. The van der Waals surface area contributed by atoms with Gasteiger partial charge in [0.05, 0.1) is 5.54 Å². The van der Waals surface area contributed by atoms with Crippen molar-refractivity contribution in [2.75, 3.05) is 13.1 Å². The van der Waals surface area contributed by atoms with Gasteiger partial charge < -0.3 is 10.6 Å². The quantitative estimate of drug-likeness (QED) is 0.878. The molecular weight excluding hydrogens is 291 g/mol. The Morgan fingerprint density at radius 1 is 1.43 bits per heavy atom. The molecule has 1 aromatic carbocycles. The Labute approximate surface area is 131 Å². The lowest BCUT2D eigenvalue weighted by molar-refractivity contribution is -0.122. The number of benzene rings is 1. The van der Waals surface area contributed by atoms with E-state index in [1.807, 2.05) is 6.07 Å². The second-order valence-corrected chi connectivity index (χ2v) is 6.04. The molecule has 1 saturated heterocycles. The largest absolute Gasteiger partial charge is 0.347 e. The van der Waals surface area contributed by atoms with Crippen molar-refractivity contribution in [2.45, 2.75) is 37.6 Å². The average Bonchev–Trinajstić information content (AvgIpc) is 3.02. The smallest absolute Gasteiger partial charge is 0.220 e. The SMILES string of the molecule is Cl.O=C(CCC1CCNC1)NC1(c2cccc(F)c2)CC1. The normalized spacial score (nSPS) is 22.4. The number of amides is 1. The van der Waals surface area contributed by atoms with Crippen LogP contribution in [0.3, 0.4) is 0 Å². The highest BCUT2D eigenvalue weighted by Crippen LogP contribution is 2.45. The average molecular weight is 313 g/mol. The molecule has 5 heteroatoms. The van der Waals surface area contributed by atoms with Crippen LogP contribution in [0.4, 0.5) is 4.39 Å². The second kappa shape index (κ2) is 6.75. The molecule has 0 radical (unpaired) electrons. The van der Waals surface area contributed by atoms with Crippen molar-refractivity contribution in [1.82, 2.24) is 10.6 Å². The Kier molecular flexibility index (Phi) is 5.22. The molecular formula is C16H22ClFN2O. The Hall–Kier alpha value is -1.13. The van der Waals surface area contributed by atoms with E-state index in [0.29, 0.717) is 12.3 Å². The first kappa shape index (κ1) is 16.2. The second-order valence-electron chi connectivity index (χ2n) is 6.04. The minimum Gasteiger partial charge on any atom is -0.347 e. The first-order chi connectivity index (χ1) is 9.68. The van der Waals surface area contributed by atoms with Crippen LogP contribution < -0.4 is 10.6 Å². The van der Waals surface area contributed by atoms with Crippen molar-refractivity contribution < 1.29 is 9.18 Å². The highest BCUT2D eigenvalue weighted by Gasteiger charge is 2.45. The van der Waals surface area contributed by atoms with Crippen molar-refractivity contribution in [3.05, 3.63) is 35.6 Å². The highest BCUT2D eigenvalue weighted by molar-refractivity contribution is 5.85. The maximum absolute atomic E-state index is 13.3. The molecule has 2 fully saturated rings. The first-order valence-corrected chi connectivity index (χ1v) is 7.46. The fraction of sp³-hybridized carbons (Fsp3) is 0.562. The van der Waals surface area contributed by atoms with Crippen LogP contribution >= 0.6 is 12.4 Å². The van der Waals surface area contributed by atoms with E-state index in [0.717, 1.165) is 37.9 Å². The third-order valence-corrected chi connectivity index (χ3v) is 4.45. The van der Waals surface area contributed by atoms with Crippen LogP contribution in [0, 0.1) is 11.7 Å². The molecule has 21 heavy (non-hydrogen) atoms. The summed E-state index contributed by atoms with van der Waals surface area (Å²) in [5.41, 5.74) is 0.598. The van der Waals surface area contributed by atoms with E-state index in [-0.39, 0.29) is 29.7 Å². The summed E-state index contributed by atoms with van der Waals surface area (Å²) in [5, 5.41) is 6.42. The van der Waals surface area contributed by atoms with E-state index in [2.05, 4.69) is 10.6 Å². The van der Waals surface area contributed by atoms with Gasteiger partial charge in [-0.05, 0) is 62.4 Å². The van der Waals surface area contributed by atoms with E-state index in [1.165, 1.54) is 18.6 Å². The van der Waals surface area contributed by atoms with Gasteiger partial charge in [-0.3, -0.25) is 4.79 Å². The summed E-state index contributed by atoms with van der Waals surface area (Å²) in [6, 6.07) is 6.58. The molecule has 3 rings (SSSR count). The lowest BCUT2D eigenvalue weighted by Crippen LogP contribution is -2.35. The van der Waals surface area contributed by atoms with Gasteiger partial charge in [0.1, 0.15) is 5.82 Å². The molecule has 116 valence electrons. The number of halogens is 2. The maximum atomic E-state index is 13.3. The van der Waals surface area contributed by atoms with Crippen molar-refractivity contribution >= 4 is 18.3 Å². The van der Waals surface area contributed by atoms with Gasteiger partial charge in [0.15, 0.2) is 0 Å². The molecule has 1 amide bonds. The van der Waals surface area contributed by atoms with Crippen LogP contribution in [0.25, 0.3) is 0 Å². The van der Waals surface area contributed by atoms with Gasteiger partial charge in [-0.15, -0.1) is 12.4 Å². The summed E-state index contributed by atoms with van der Waals surface area (Å²) in [7, 11) is 0. The Balaban J connectivity index is 0.00000161. The molecule has 0 bridgehead atoms. The molecule has 1 heterocycles. The lowest BCUT2D eigenvalue weighted by atomic mass is 10.0. The molecule has 1 unspecified atom stereocenters. The zero-order valence-electron chi connectivity index (χ0n) is 12.0. The van der Waals surface area contributed by atoms with Crippen LogP contribution in [0.1, 0.15) is 37.7 Å². The van der Waals surface area contributed by atoms with Crippen LogP contribution in [0.5, 0.6) is 0 Å². The monoisotopic (exact) mass is 312 g/mol. The molecule has 0 aromatic heterocycles. The minimum absolute atomic E-state index is 0. The van der Waals surface area contributed by atoms with Crippen molar-refractivity contribution in [1.29, 1.82) is 0 Å². The molecule has 0 spiro atoms. The molecule has 2 N–H and O–H groups in total. The number of hydrogen-bond donors (Lipinski definition) is 2. The molecule has 1 atom stereocenters.